The molecule has 2 aromatic rings. The van der Waals surface area contributed by atoms with Crippen LogP contribution in [0.15, 0.2) is 48.5 Å². The fourth-order valence-electron chi connectivity index (χ4n) is 4.82. The summed E-state index contributed by atoms with van der Waals surface area (Å²) in [5, 5.41) is 15.8. The number of carbonyl (C=O) groups is 4. The van der Waals surface area contributed by atoms with Gasteiger partial charge in [0.25, 0.3) is 5.91 Å². The second-order valence-electron chi connectivity index (χ2n) is 11.4. The van der Waals surface area contributed by atoms with Crippen LogP contribution in [-0.2, 0) is 26.7 Å². The largest absolute Gasteiger partial charge is 0.416 e. The first kappa shape index (κ1) is 38.2. The van der Waals surface area contributed by atoms with Crippen molar-refractivity contribution in [3.05, 3.63) is 70.8 Å². The van der Waals surface area contributed by atoms with Crippen molar-refractivity contribution < 1.29 is 50.6 Å². The average molecular weight is 690 g/mol. The Kier molecular flexibility index (Phi) is 12.5. The van der Waals surface area contributed by atoms with Crippen LogP contribution >= 0.6 is 0 Å². The molecule has 12 nitrogen and oxygen atoms in total. The molecule has 9 N–H and O–H groups in total. The van der Waals surface area contributed by atoms with E-state index in [0.717, 1.165) is 41.3 Å². The first-order valence-corrected chi connectivity index (χ1v) is 14.7. The number of halogens is 6. The first-order chi connectivity index (χ1) is 22.3. The van der Waals surface area contributed by atoms with Crippen LogP contribution < -0.4 is 27.8 Å². The van der Waals surface area contributed by atoms with Crippen molar-refractivity contribution in [1.82, 2.24) is 20.4 Å². The van der Waals surface area contributed by atoms with Crippen LogP contribution in [0.1, 0.15) is 46.0 Å². The van der Waals surface area contributed by atoms with E-state index in [-0.39, 0.29) is 56.1 Å². The Morgan fingerprint density at radius 1 is 0.917 bits per heavy atom. The summed E-state index contributed by atoms with van der Waals surface area (Å²) in [6.45, 7) is 0.0471. The molecule has 3 rings (SSSR count). The van der Waals surface area contributed by atoms with E-state index in [2.05, 4.69) is 10.6 Å². The predicted molar refractivity (Wildman–Crippen MR) is 159 cm³/mol. The van der Waals surface area contributed by atoms with E-state index in [1.165, 1.54) is 11.9 Å². The number of rotatable bonds is 12. The van der Waals surface area contributed by atoms with Crippen LogP contribution in [0.25, 0.3) is 0 Å². The molecule has 1 fully saturated rings. The summed E-state index contributed by atoms with van der Waals surface area (Å²) in [5.41, 5.74) is 15.5. The Morgan fingerprint density at radius 3 is 1.92 bits per heavy atom. The van der Waals surface area contributed by atoms with E-state index < -0.39 is 71.5 Å². The van der Waals surface area contributed by atoms with Crippen molar-refractivity contribution in [3.63, 3.8) is 0 Å². The Bertz CT molecular complexity index is 1430. The molecule has 18 heteroatoms. The summed E-state index contributed by atoms with van der Waals surface area (Å²) in [5.74, 6) is -2.94. The highest BCUT2D eigenvalue weighted by atomic mass is 19.4. The zero-order chi connectivity index (χ0) is 36.0. The maximum Gasteiger partial charge on any atom is 0.416 e. The Hall–Kier alpha value is -4.26. The highest BCUT2D eigenvalue weighted by Gasteiger charge is 2.36. The average Bonchev–Trinajstić information content (AvgIpc) is 3.38. The van der Waals surface area contributed by atoms with Gasteiger partial charge in [0, 0.05) is 57.3 Å². The van der Waals surface area contributed by atoms with Gasteiger partial charge in [0.1, 0.15) is 12.1 Å². The van der Waals surface area contributed by atoms with Gasteiger partial charge in [0.15, 0.2) is 0 Å². The molecule has 0 bridgehead atoms. The van der Waals surface area contributed by atoms with Crippen molar-refractivity contribution in [2.24, 2.45) is 17.2 Å². The minimum Gasteiger partial charge on any atom is -0.386 e. The highest BCUT2D eigenvalue weighted by molar-refractivity contribution is 5.94. The maximum atomic E-state index is 13.4. The van der Waals surface area contributed by atoms with E-state index in [4.69, 9.17) is 17.2 Å². The molecule has 1 heterocycles. The highest BCUT2D eigenvalue weighted by Crippen LogP contribution is 2.31. The third kappa shape index (κ3) is 10.1. The first-order valence-electron chi connectivity index (χ1n) is 14.7. The van der Waals surface area contributed by atoms with E-state index in [9.17, 15) is 50.6 Å². The molecule has 0 aliphatic carbocycles. The van der Waals surface area contributed by atoms with Crippen LogP contribution in [0.2, 0.25) is 0 Å². The van der Waals surface area contributed by atoms with Crippen LogP contribution in [0.5, 0.6) is 0 Å². The van der Waals surface area contributed by atoms with Crippen LogP contribution in [0, 0.1) is 0 Å². The Morgan fingerprint density at radius 2 is 1.42 bits per heavy atom. The molecule has 1 aliphatic heterocycles. The van der Waals surface area contributed by atoms with Crippen LogP contribution in [-0.4, -0.2) is 95.9 Å². The normalized spacial score (nSPS) is 18.5. The molecule has 264 valence electrons. The predicted octanol–water partition coefficient (Wildman–Crippen LogP) is 0.735. The van der Waals surface area contributed by atoms with Gasteiger partial charge in [-0.15, -0.1) is 0 Å². The third-order valence-corrected chi connectivity index (χ3v) is 7.81. The summed E-state index contributed by atoms with van der Waals surface area (Å²) in [4.78, 5) is 53.9. The number of nitrogens with one attached hydrogen (secondary N) is 2. The van der Waals surface area contributed by atoms with Gasteiger partial charge >= 0.3 is 12.4 Å². The number of amides is 4. The number of benzene rings is 2. The molecule has 0 saturated carbocycles. The van der Waals surface area contributed by atoms with Gasteiger partial charge in [-0.25, -0.2) is 0 Å². The van der Waals surface area contributed by atoms with E-state index in [1.807, 2.05) is 0 Å². The number of carbonyl (C=O) groups excluding carboxylic acids is 4. The molecule has 1 unspecified atom stereocenters. The molecule has 2 aromatic carbocycles. The van der Waals surface area contributed by atoms with E-state index in [1.54, 1.807) is 0 Å². The molecule has 5 atom stereocenters. The Labute approximate surface area is 271 Å². The van der Waals surface area contributed by atoms with Gasteiger partial charge in [-0.2, -0.15) is 26.3 Å². The van der Waals surface area contributed by atoms with Gasteiger partial charge in [-0.3, -0.25) is 19.2 Å². The summed E-state index contributed by atoms with van der Waals surface area (Å²) in [7, 11) is 1.26. The number of nitrogens with zero attached hydrogens (tertiary/aromatic N) is 2. The number of likely N-dealkylation sites (tertiary alicyclic amines) is 1. The lowest BCUT2D eigenvalue weighted by atomic mass is 9.99. The number of aliphatic hydroxyl groups is 1. The second-order valence-corrected chi connectivity index (χ2v) is 11.4. The minimum atomic E-state index is -4.67. The lowest BCUT2D eigenvalue weighted by molar-refractivity contribution is -0.139. The van der Waals surface area contributed by atoms with Crippen molar-refractivity contribution in [1.29, 1.82) is 0 Å². The molecular formula is C30H37F6N7O5. The zero-order valence-electron chi connectivity index (χ0n) is 25.7. The molecule has 1 aliphatic rings. The zero-order valence-corrected chi connectivity index (χ0v) is 25.7. The number of hydrogen-bond acceptors (Lipinski definition) is 8. The Balaban J connectivity index is 1.68. The standard InChI is InChI=1S/C30H37F6N7O5/c1-42(13-12-40-26(46)17-4-8-19(9-5-17)30(34,35)36)28(48)24(25(45)16-2-6-18(7-3-16)29(31,32)33)41-27(47)20(37)10-11-23(44)43-14-21(38)22(39)15-43/h2-9,20-22,24-25,45H,10-15,37-39H2,1H3,(H,40,46)(H,41,47)/t20?,21-,22+,24-,25+/m0/s1. The number of aliphatic hydroxyl groups excluding tert-OH is 1. The minimum absolute atomic E-state index is 0.0808. The fraction of sp³-hybridized carbons (Fsp3) is 0.467. The van der Waals surface area contributed by atoms with Crippen molar-refractivity contribution >= 4 is 23.6 Å². The van der Waals surface area contributed by atoms with Crippen LogP contribution in [0.4, 0.5) is 26.3 Å². The molecule has 0 aromatic heterocycles. The van der Waals surface area contributed by atoms with Gasteiger partial charge in [0.2, 0.25) is 17.7 Å². The summed E-state index contributed by atoms with van der Waals surface area (Å²) in [6.07, 6.45) is -11.4. The lowest BCUT2D eigenvalue weighted by Crippen LogP contribution is -2.55. The van der Waals surface area contributed by atoms with Crippen molar-refractivity contribution in [3.8, 4) is 0 Å². The topological polar surface area (TPSA) is 197 Å². The van der Waals surface area contributed by atoms with E-state index in [0.29, 0.717) is 12.1 Å². The third-order valence-electron chi connectivity index (χ3n) is 7.81. The molecule has 0 radical (unpaired) electrons. The van der Waals surface area contributed by atoms with Gasteiger partial charge in [0.05, 0.1) is 17.2 Å². The molecule has 4 amide bonds. The second kappa shape index (κ2) is 15.8. The quantitative estimate of drug-likeness (QED) is 0.176. The molecule has 48 heavy (non-hydrogen) atoms. The van der Waals surface area contributed by atoms with Gasteiger partial charge in [-0.1, -0.05) is 12.1 Å². The molecule has 0 spiro atoms. The molecule has 1 saturated heterocycles. The number of hydrogen-bond donors (Lipinski definition) is 6. The van der Waals surface area contributed by atoms with Gasteiger partial charge in [-0.05, 0) is 48.4 Å². The monoisotopic (exact) mass is 689 g/mol. The smallest absolute Gasteiger partial charge is 0.386 e. The summed E-state index contributed by atoms with van der Waals surface area (Å²) < 4.78 is 77.6. The maximum absolute atomic E-state index is 13.4. The lowest BCUT2D eigenvalue weighted by Gasteiger charge is -2.29. The summed E-state index contributed by atoms with van der Waals surface area (Å²) in [6, 6.07) is 2.78. The fourth-order valence-corrected chi connectivity index (χ4v) is 4.82. The SMILES string of the molecule is CN(CCNC(=O)c1ccc(C(F)(F)F)cc1)C(=O)[C@@H](NC(=O)C(N)CCC(=O)N1C[C@@H](N)[C@@H](N)C1)[C@H](O)c1ccc(C(F)(F)F)cc1. The van der Waals surface area contributed by atoms with Crippen LogP contribution in [0.3, 0.4) is 0 Å². The van der Waals surface area contributed by atoms with Gasteiger partial charge < -0.3 is 42.7 Å². The van der Waals surface area contributed by atoms with E-state index >= 15 is 0 Å². The molecular weight excluding hydrogens is 652 g/mol. The van der Waals surface area contributed by atoms with Crippen molar-refractivity contribution in [2.45, 2.75) is 55.5 Å². The number of alkyl halides is 6. The summed E-state index contributed by atoms with van der Waals surface area (Å²) >= 11 is 0. The van der Waals surface area contributed by atoms with Crippen molar-refractivity contribution in [2.75, 3.05) is 33.2 Å². The number of nitrogens with two attached hydrogens (primary N) is 3. The number of likely N-dealkylation sites (N-methyl/N-ethyl adjacent to an activating group) is 1.